The maximum absolute atomic E-state index is 12.7. The molecule has 0 radical (unpaired) electrons. The third kappa shape index (κ3) is 3.77. The molecule has 0 aliphatic carbocycles. The molecule has 0 bridgehead atoms. The summed E-state index contributed by atoms with van der Waals surface area (Å²) in [4.78, 5) is 22.9. The van der Waals surface area contributed by atoms with Crippen molar-refractivity contribution in [1.82, 2.24) is 19.9 Å². The second-order valence-corrected chi connectivity index (χ2v) is 6.72. The first-order chi connectivity index (χ1) is 13.7. The van der Waals surface area contributed by atoms with E-state index in [0.29, 0.717) is 31.0 Å². The highest BCUT2D eigenvalue weighted by Crippen LogP contribution is 2.19. The van der Waals surface area contributed by atoms with Crippen LogP contribution in [-0.2, 0) is 17.9 Å². The number of imidazole rings is 1. The van der Waals surface area contributed by atoms with Crippen molar-refractivity contribution in [3.63, 3.8) is 0 Å². The van der Waals surface area contributed by atoms with E-state index in [-0.39, 0.29) is 11.9 Å². The molecule has 3 aromatic rings. The van der Waals surface area contributed by atoms with Crippen molar-refractivity contribution in [3.05, 3.63) is 78.0 Å². The fourth-order valence-corrected chi connectivity index (χ4v) is 3.36. The fourth-order valence-electron chi connectivity index (χ4n) is 3.36. The molecule has 0 saturated carbocycles. The van der Waals surface area contributed by atoms with Gasteiger partial charge in [-0.15, -0.1) is 0 Å². The van der Waals surface area contributed by atoms with Gasteiger partial charge in [-0.05, 0) is 36.2 Å². The molecule has 2 aromatic heterocycles. The molecule has 7 heteroatoms. The Kier molecular flexibility index (Phi) is 5.13. The lowest BCUT2D eigenvalue weighted by molar-refractivity contribution is -0.118. The largest absolute Gasteiger partial charge is 0.329 e. The summed E-state index contributed by atoms with van der Waals surface area (Å²) in [5, 5.41) is 12.3. The van der Waals surface area contributed by atoms with Gasteiger partial charge in [0.1, 0.15) is 5.82 Å². The van der Waals surface area contributed by atoms with Gasteiger partial charge >= 0.3 is 0 Å². The Labute approximate surface area is 163 Å². The average Bonchev–Trinajstić information content (AvgIpc) is 3.33. The Hall–Kier alpha value is -3.50. The highest BCUT2D eigenvalue weighted by molar-refractivity contribution is 5.98. The number of nitrogens with zero attached hydrogens (tertiary/aromatic N) is 5. The zero-order valence-electron chi connectivity index (χ0n) is 15.3. The van der Waals surface area contributed by atoms with Crippen LogP contribution in [0.2, 0.25) is 0 Å². The summed E-state index contributed by atoms with van der Waals surface area (Å²) in [6.07, 6.45) is 6.04. The second-order valence-electron chi connectivity index (χ2n) is 6.72. The number of aromatic nitrogens is 3. The standard InChI is InChI=1S/C21H20N6O/c22-11-16-4-6-17(7-5-16)14-26-15-23-12-18(26)13-25-19-8-10-27(21(19)28)20-3-1-2-9-24-20/h1-7,9,12,15,19,25H,8,10,13-14H2/t19-/m1/s1. The number of rotatable bonds is 6. The molecule has 1 N–H and O–H groups in total. The molecule has 1 amide bonds. The maximum atomic E-state index is 12.7. The molecule has 140 valence electrons. The van der Waals surface area contributed by atoms with E-state index in [1.54, 1.807) is 17.4 Å². The lowest BCUT2D eigenvalue weighted by atomic mass is 10.1. The maximum Gasteiger partial charge on any atom is 0.245 e. The summed E-state index contributed by atoms with van der Waals surface area (Å²) in [6, 6.07) is 15.0. The normalized spacial score (nSPS) is 16.3. The van der Waals surface area contributed by atoms with Crippen LogP contribution in [0.25, 0.3) is 0 Å². The monoisotopic (exact) mass is 372 g/mol. The van der Waals surface area contributed by atoms with Crippen molar-refractivity contribution < 1.29 is 4.79 Å². The lowest BCUT2D eigenvalue weighted by Crippen LogP contribution is -2.38. The minimum absolute atomic E-state index is 0.0526. The summed E-state index contributed by atoms with van der Waals surface area (Å²) in [6.45, 7) is 1.89. The van der Waals surface area contributed by atoms with Gasteiger partial charge in [-0.2, -0.15) is 5.26 Å². The number of benzene rings is 1. The van der Waals surface area contributed by atoms with Crippen molar-refractivity contribution >= 4 is 11.7 Å². The molecule has 3 heterocycles. The molecule has 1 fully saturated rings. The number of hydrogen-bond acceptors (Lipinski definition) is 5. The van der Waals surface area contributed by atoms with Crippen molar-refractivity contribution in [2.75, 3.05) is 11.4 Å². The highest BCUT2D eigenvalue weighted by Gasteiger charge is 2.32. The number of nitriles is 1. The van der Waals surface area contributed by atoms with E-state index in [9.17, 15) is 4.79 Å². The Morgan fingerprint density at radius 3 is 2.82 bits per heavy atom. The zero-order valence-corrected chi connectivity index (χ0v) is 15.3. The third-order valence-corrected chi connectivity index (χ3v) is 4.90. The van der Waals surface area contributed by atoms with Gasteiger partial charge in [0.25, 0.3) is 0 Å². The minimum atomic E-state index is -0.222. The van der Waals surface area contributed by atoms with Crippen LogP contribution < -0.4 is 10.2 Å². The van der Waals surface area contributed by atoms with Gasteiger partial charge in [-0.1, -0.05) is 18.2 Å². The zero-order chi connectivity index (χ0) is 19.3. The number of carbonyl (C=O) groups excluding carboxylic acids is 1. The van der Waals surface area contributed by atoms with E-state index in [2.05, 4.69) is 21.4 Å². The molecule has 0 spiro atoms. The van der Waals surface area contributed by atoms with Crippen LogP contribution in [-0.4, -0.2) is 33.0 Å². The number of pyridine rings is 1. The summed E-state index contributed by atoms with van der Waals surface area (Å²) in [5.41, 5.74) is 2.75. The van der Waals surface area contributed by atoms with E-state index < -0.39 is 0 Å². The number of amides is 1. The van der Waals surface area contributed by atoms with E-state index in [1.165, 1.54) is 0 Å². The van der Waals surface area contributed by atoms with Crippen LogP contribution in [0.4, 0.5) is 5.82 Å². The topological polar surface area (TPSA) is 86.8 Å². The van der Waals surface area contributed by atoms with Gasteiger partial charge in [0.05, 0.1) is 29.7 Å². The first-order valence-corrected chi connectivity index (χ1v) is 9.18. The van der Waals surface area contributed by atoms with Gasteiger partial charge in [0.15, 0.2) is 0 Å². The Morgan fingerprint density at radius 2 is 2.07 bits per heavy atom. The van der Waals surface area contributed by atoms with Gasteiger partial charge in [-0.25, -0.2) is 9.97 Å². The summed E-state index contributed by atoms with van der Waals surface area (Å²) in [7, 11) is 0. The summed E-state index contributed by atoms with van der Waals surface area (Å²) >= 11 is 0. The van der Waals surface area contributed by atoms with Crippen LogP contribution in [0.3, 0.4) is 0 Å². The molecular formula is C21H20N6O. The SMILES string of the molecule is N#Cc1ccc(Cn2cncc2CN[C@@H]2CCN(c3ccccn3)C2=O)cc1. The Bertz CT molecular complexity index is 990. The number of hydrogen-bond donors (Lipinski definition) is 1. The van der Waals surface area contributed by atoms with E-state index in [0.717, 1.165) is 17.7 Å². The molecule has 1 aliphatic heterocycles. The molecule has 1 saturated heterocycles. The van der Waals surface area contributed by atoms with Crippen molar-refractivity contribution in [3.8, 4) is 6.07 Å². The molecular weight excluding hydrogens is 352 g/mol. The Balaban J connectivity index is 1.38. The van der Waals surface area contributed by atoms with Crippen LogP contribution in [0.5, 0.6) is 0 Å². The number of carbonyl (C=O) groups is 1. The van der Waals surface area contributed by atoms with E-state index in [4.69, 9.17) is 5.26 Å². The lowest BCUT2D eigenvalue weighted by Gasteiger charge is -2.16. The first kappa shape index (κ1) is 17.9. The number of nitrogens with one attached hydrogen (secondary N) is 1. The van der Waals surface area contributed by atoms with Crippen LogP contribution in [0.1, 0.15) is 23.2 Å². The van der Waals surface area contributed by atoms with E-state index in [1.807, 2.05) is 53.2 Å². The molecule has 7 nitrogen and oxygen atoms in total. The van der Waals surface area contributed by atoms with Gasteiger partial charge < -0.3 is 9.88 Å². The molecule has 1 aliphatic rings. The molecule has 28 heavy (non-hydrogen) atoms. The van der Waals surface area contributed by atoms with E-state index >= 15 is 0 Å². The van der Waals surface area contributed by atoms with Gasteiger partial charge in [0, 0.05) is 32.0 Å². The van der Waals surface area contributed by atoms with Crippen LogP contribution in [0.15, 0.2) is 61.2 Å². The molecule has 0 unspecified atom stereocenters. The predicted octanol–water partition coefficient (Wildman–Crippen LogP) is 2.09. The molecule has 4 rings (SSSR count). The molecule has 1 aromatic carbocycles. The van der Waals surface area contributed by atoms with Crippen molar-refractivity contribution in [2.24, 2.45) is 0 Å². The van der Waals surface area contributed by atoms with Crippen molar-refractivity contribution in [1.29, 1.82) is 5.26 Å². The average molecular weight is 372 g/mol. The first-order valence-electron chi connectivity index (χ1n) is 9.18. The smallest absolute Gasteiger partial charge is 0.245 e. The van der Waals surface area contributed by atoms with Crippen LogP contribution in [0, 0.1) is 11.3 Å². The fraction of sp³-hybridized carbons (Fsp3) is 0.238. The summed E-state index contributed by atoms with van der Waals surface area (Å²) < 4.78 is 2.05. The van der Waals surface area contributed by atoms with Crippen molar-refractivity contribution in [2.45, 2.75) is 25.6 Å². The molecule has 1 atom stereocenters. The minimum Gasteiger partial charge on any atom is -0.329 e. The quantitative estimate of drug-likeness (QED) is 0.716. The number of anilines is 1. The second kappa shape index (κ2) is 8.03. The highest BCUT2D eigenvalue weighted by atomic mass is 16.2. The third-order valence-electron chi connectivity index (χ3n) is 4.90. The van der Waals surface area contributed by atoms with Gasteiger partial charge in [0.2, 0.25) is 5.91 Å². The predicted molar refractivity (Wildman–Crippen MR) is 104 cm³/mol. The van der Waals surface area contributed by atoms with Crippen LogP contribution >= 0.6 is 0 Å². The van der Waals surface area contributed by atoms with Gasteiger partial charge in [-0.3, -0.25) is 9.69 Å². The Morgan fingerprint density at radius 1 is 1.21 bits per heavy atom. The summed E-state index contributed by atoms with van der Waals surface area (Å²) in [5.74, 6) is 0.750.